The van der Waals surface area contributed by atoms with Crippen LogP contribution in [0, 0.1) is 5.82 Å². The van der Waals surface area contributed by atoms with E-state index in [1.54, 1.807) is 12.3 Å². The van der Waals surface area contributed by atoms with E-state index in [0.717, 1.165) is 0 Å². The SMILES string of the molecule is NCc1ccnc(Oc2ccc(F)cc2Br)n1. The Kier molecular flexibility index (Phi) is 3.65. The van der Waals surface area contributed by atoms with Crippen molar-refractivity contribution in [1.82, 2.24) is 9.97 Å². The molecule has 2 aromatic rings. The predicted molar refractivity (Wildman–Crippen MR) is 64.1 cm³/mol. The lowest BCUT2D eigenvalue weighted by Gasteiger charge is -2.06. The number of hydrogen-bond donors (Lipinski definition) is 1. The van der Waals surface area contributed by atoms with Crippen LogP contribution in [0.3, 0.4) is 0 Å². The summed E-state index contributed by atoms with van der Waals surface area (Å²) >= 11 is 3.19. The highest BCUT2D eigenvalue weighted by molar-refractivity contribution is 9.10. The van der Waals surface area contributed by atoms with Gasteiger partial charge in [-0.25, -0.2) is 9.37 Å². The van der Waals surface area contributed by atoms with E-state index in [1.165, 1.54) is 18.2 Å². The Labute approximate surface area is 106 Å². The molecule has 1 heterocycles. The van der Waals surface area contributed by atoms with Crippen LogP contribution in [-0.4, -0.2) is 9.97 Å². The quantitative estimate of drug-likeness (QED) is 0.946. The molecule has 2 rings (SSSR count). The van der Waals surface area contributed by atoms with E-state index >= 15 is 0 Å². The number of rotatable bonds is 3. The summed E-state index contributed by atoms with van der Waals surface area (Å²) in [5.74, 6) is 0.0985. The van der Waals surface area contributed by atoms with Gasteiger partial charge in [0.1, 0.15) is 11.6 Å². The van der Waals surface area contributed by atoms with Crippen molar-refractivity contribution in [2.45, 2.75) is 6.54 Å². The smallest absolute Gasteiger partial charge is 0.322 e. The van der Waals surface area contributed by atoms with E-state index < -0.39 is 0 Å². The molecule has 0 aliphatic rings. The van der Waals surface area contributed by atoms with Gasteiger partial charge in [-0.1, -0.05) is 0 Å². The Morgan fingerprint density at radius 1 is 1.35 bits per heavy atom. The first kappa shape index (κ1) is 11.9. The maximum absolute atomic E-state index is 12.9. The Hall–Kier alpha value is -1.53. The van der Waals surface area contributed by atoms with Gasteiger partial charge in [-0.05, 0) is 40.2 Å². The second-order valence-electron chi connectivity index (χ2n) is 3.21. The molecule has 1 aromatic heterocycles. The zero-order valence-electron chi connectivity index (χ0n) is 8.73. The Bertz CT molecular complexity index is 536. The summed E-state index contributed by atoms with van der Waals surface area (Å²) in [6, 6.07) is 5.99. The maximum Gasteiger partial charge on any atom is 0.322 e. The van der Waals surface area contributed by atoms with Crippen molar-refractivity contribution >= 4 is 15.9 Å². The molecule has 0 saturated carbocycles. The number of benzene rings is 1. The van der Waals surface area contributed by atoms with Crippen molar-refractivity contribution in [2.24, 2.45) is 5.73 Å². The highest BCUT2D eigenvalue weighted by atomic mass is 79.9. The predicted octanol–water partition coefficient (Wildman–Crippen LogP) is 2.63. The highest BCUT2D eigenvalue weighted by Gasteiger charge is 2.06. The van der Waals surface area contributed by atoms with Gasteiger partial charge in [0, 0.05) is 12.7 Å². The van der Waals surface area contributed by atoms with Crippen molar-refractivity contribution in [2.75, 3.05) is 0 Å². The minimum Gasteiger partial charge on any atom is -0.423 e. The standard InChI is InChI=1S/C11H9BrFN3O/c12-9-5-7(13)1-2-10(9)17-11-15-4-3-8(6-14)16-11/h1-5H,6,14H2. The molecule has 4 nitrogen and oxygen atoms in total. The van der Waals surface area contributed by atoms with Gasteiger partial charge in [-0.15, -0.1) is 0 Å². The molecule has 0 aliphatic carbocycles. The summed E-state index contributed by atoms with van der Waals surface area (Å²) in [6.45, 7) is 0.309. The molecule has 0 spiro atoms. The largest absolute Gasteiger partial charge is 0.423 e. The second kappa shape index (κ2) is 5.20. The number of nitrogens with two attached hydrogens (primary N) is 1. The van der Waals surface area contributed by atoms with Gasteiger partial charge in [-0.2, -0.15) is 4.98 Å². The molecule has 0 radical (unpaired) electrons. The Balaban J connectivity index is 2.25. The van der Waals surface area contributed by atoms with E-state index in [2.05, 4.69) is 25.9 Å². The molecule has 0 bridgehead atoms. The summed E-state index contributed by atoms with van der Waals surface area (Å²) in [4.78, 5) is 8.02. The third-order valence-electron chi connectivity index (χ3n) is 2.00. The minimum atomic E-state index is -0.346. The molecule has 0 saturated heterocycles. The normalized spacial score (nSPS) is 10.3. The first-order valence-electron chi connectivity index (χ1n) is 4.84. The van der Waals surface area contributed by atoms with E-state index in [1.807, 2.05) is 0 Å². The molecule has 6 heteroatoms. The van der Waals surface area contributed by atoms with Gasteiger partial charge >= 0.3 is 6.01 Å². The third-order valence-corrected chi connectivity index (χ3v) is 2.62. The zero-order valence-corrected chi connectivity index (χ0v) is 10.3. The topological polar surface area (TPSA) is 61.0 Å². The van der Waals surface area contributed by atoms with E-state index in [4.69, 9.17) is 10.5 Å². The molecule has 0 amide bonds. The van der Waals surface area contributed by atoms with Crippen molar-refractivity contribution in [3.05, 3.63) is 46.4 Å². The summed E-state index contributed by atoms with van der Waals surface area (Å²) in [6.07, 6.45) is 1.56. The second-order valence-corrected chi connectivity index (χ2v) is 4.07. The fourth-order valence-electron chi connectivity index (χ4n) is 1.20. The van der Waals surface area contributed by atoms with Crippen molar-refractivity contribution < 1.29 is 9.13 Å². The van der Waals surface area contributed by atoms with E-state index in [9.17, 15) is 4.39 Å². The molecule has 0 aliphatic heterocycles. The van der Waals surface area contributed by atoms with E-state index in [0.29, 0.717) is 22.5 Å². The number of aromatic nitrogens is 2. The van der Waals surface area contributed by atoms with E-state index in [-0.39, 0.29) is 11.8 Å². The van der Waals surface area contributed by atoms with Crippen LogP contribution in [0.1, 0.15) is 5.69 Å². The fourth-order valence-corrected chi connectivity index (χ4v) is 1.63. The first-order chi connectivity index (χ1) is 8.19. The molecular formula is C11H9BrFN3O. The number of nitrogens with zero attached hydrogens (tertiary/aromatic N) is 2. The van der Waals surface area contributed by atoms with Crippen molar-refractivity contribution in [3.63, 3.8) is 0 Å². The van der Waals surface area contributed by atoms with Gasteiger partial charge in [0.25, 0.3) is 0 Å². The maximum atomic E-state index is 12.9. The lowest BCUT2D eigenvalue weighted by atomic mass is 10.3. The van der Waals surface area contributed by atoms with Gasteiger partial charge in [0.05, 0.1) is 10.2 Å². The molecule has 88 valence electrons. The Morgan fingerprint density at radius 2 is 2.18 bits per heavy atom. The molecule has 1 aromatic carbocycles. The molecule has 0 fully saturated rings. The van der Waals surface area contributed by atoms with Crippen molar-refractivity contribution in [3.8, 4) is 11.8 Å². The average Bonchev–Trinajstić information content (AvgIpc) is 2.33. The van der Waals surface area contributed by atoms with Crippen molar-refractivity contribution in [1.29, 1.82) is 0 Å². The fraction of sp³-hybridized carbons (Fsp3) is 0.0909. The summed E-state index contributed by atoms with van der Waals surface area (Å²) < 4.78 is 18.8. The molecular weight excluding hydrogens is 289 g/mol. The monoisotopic (exact) mass is 297 g/mol. The number of ether oxygens (including phenoxy) is 1. The van der Waals surface area contributed by atoms with Crippen LogP contribution in [0.4, 0.5) is 4.39 Å². The van der Waals surface area contributed by atoms with Gasteiger partial charge in [0.15, 0.2) is 0 Å². The minimum absolute atomic E-state index is 0.181. The van der Waals surface area contributed by atoms with Crippen LogP contribution in [0.15, 0.2) is 34.9 Å². The van der Waals surface area contributed by atoms with Crippen LogP contribution in [0.25, 0.3) is 0 Å². The van der Waals surface area contributed by atoms with Crippen LogP contribution < -0.4 is 10.5 Å². The number of halogens is 2. The van der Waals surface area contributed by atoms with Crippen LogP contribution in [0.5, 0.6) is 11.8 Å². The lowest BCUT2D eigenvalue weighted by Crippen LogP contribution is -2.01. The summed E-state index contributed by atoms with van der Waals surface area (Å²) in [5.41, 5.74) is 6.13. The molecule has 0 atom stereocenters. The average molecular weight is 298 g/mol. The summed E-state index contributed by atoms with van der Waals surface area (Å²) in [5, 5.41) is 0. The Morgan fingerprint density at radius 3 is 2.88 bits per heavy atom. The van der Waals surface area contributed by atoms with Crippen LogP contribution in [-0.2, 0) is 6.54 Å². The molecule has 17 heavy (non-hydrogen) atoms. The van der Waals surface area contributed by atoms with Crippen LogP contribution >= 0.6 is 15.9 Å². The first-order valence-corrected chi connectivity index (χ1v) is 5.63. The third kappa shape index (κ3) is 2.98. The lowest BCUT2D eigenvalue weighted by molar-refractivity contribution is 0.435. The van der Waals surface area contributed by atoms with Crippen LogP contribution in [0.2, 0.25) is 0 Å². The molecule has 0 unspecified atom stereocenters. The van der Waals surface area contributed by atoms with Gasteiger partial charge in [0.2, 0.25) is 0 Å². The van der Waals surface area contributed by atoms with Gasteiger partial charge < -0.3 is 10.5 Å². The summed E-state index contributed by atoms with van der Waals surface area (Å²) in [7, 11) is 0. The molecule has 2 N–H and O–H groups in total. The number of hydrogen-bond acceptors (Lipinski definition) is 4. The zero-order chi connectivity index (χ0) is 12.3. The highest BCUT2D eigenvalue weighted by Crippen LogP contribution is 2.28. The van der Waals surface area contributed by atoms with Gasteiger partial charge in [-0.3, -0.25) is 0 Å².